The smallest absolute Gasteiger partial charge is 0.308 e. The molecule has 1 heterocycles. The molecule has 0 aliphatic rings. The van der Waals surface area contributed by atoms with Crippen molar-refractivity contribution in [3.8, 4) is 0 Å². The minimum absolute atomic E-state index is 0.0166. The first kappa shape index (κ1) is 19.2. The molecule has 5 nitrogen and oxygen atoms in total. The van der Waals surface area contributed by atoms with Crippen molar-refractivity contribution in [3.63, 3.8) is 0 Å². The minimum Gasteiger partial charge on any atom is -0.463 e. The lowest BCUT2D eigenvalue weighted by Gasteiger charge is -2.19. The Morgan fingerprint density at radius 2 is 1.88 bits per heavy atom. The molecule has 1 aromatic carbocycles. The average molecular weight is 381 g/mol. The Morgan fingerprint density at radius 3 is 2.48 bits per heavy atom. The third-order valence-electron chi connectivity index (χ3n) is 3.30. The number of ether oxygens (including phenoxy) is 1. The summed E-state index contributed by atoms with van der Waals surface area (Å²) >= 11 is 11.7. The van der Waals surface area contributed by atoms with E-state index in [0.29, 0.717) is 0 Å². The molecule has 1 N–H and O–H groups in total. The van der Waals surface area contributed by atoms with Crippen LogP contribution in [0.25, 0.3) is 0 Å². The van der Waals surface area contributed by atoms with Crippen molar-refractivity contribution >= 4 is 35.1 Å². The molecule has 1 atom stereocenters. The number of amides is 1. The average Bonchev–Trinajstić information content (AvgIpc) is 2.56. The predicted molar refractivity (Wildman–Crippen MR) is 96.8 cm³/mol. The zero-order valence-corrected chi connectivity index (χ0v) is 15.3. The van der Waals surface area contributed by atoms with Gasteiger partial charge < -0.3 is 10.1 Å². The van der Waals surface area contributed by atoms with Crippen molar-refractivity contribution in [2.75, 3.05) is 0 Å². The molecule has 0 saturated heterocycles. The summed E-state index contributed by atoms with van der Waals surface area (Å²) in [5.41, 5.74) is 1.05. The summed E-state index contributed by atoms with van der Waals surface area (Å²) < 4.78 is 5.18. The van der Waals surface area contributed by atoms with Gasteiger partial charge in [0.1, 0.15) is 5.15 Å². The van der Waals surface area contributed by atoms with E-state index in [4.69, 9.17) is 27.9 Å². The van der Waals surface area contributed by atoms with Gasteiger partial charge in [-0.25, -0.2) is 4.98 Å². The molecule has 25 heavy (non-hydrogen) atoms. The van der Waals surface area contributed by atoms with E-state index in [1.165, 1.54) is 12.3 Å². The van der Waals surface area contributed by atoms with Crippen LogP contribution < -0.4 is 5.32 Å². The second kappa shape index (κ2) is 8.83. The Hall–Kier alpha value is -2.11. The quantitative estimate of drug-likeness (QED) is 0.602. The van der Waals surface area contributed by atoms with Crippen LogP contribution in [0.1, 0.15) is 42.2 Å². The standard InChI is InChI=1S/C18H18Cl2N2O3/c1-11(2)25-16(23)9-15(12-6-4-3-5-7-12)22-18(24)13-8-14(19)17(20)21-10-13/h3-8,10-11,15H,9H2,1-2H3,(H,22,24). The number of nitrogens with one attached hydrogen (secondary N) is 1. The number of carbonyl (C=O) groups excluding carboxylic acids is 2. The van der Waals surface area contributed by atoms with Gasteiger partial charge in [0.25, 0.3) is 5.91 Å². The van der Waals surface area contributed by atoms with Crippen molar-refractivity contribution in [2.24, 2.45) is 0 Å². The normalized spacial score (nSPS) is 11.9. The number of pyridine rings is 1. The van der Waals surface area contributed by atoms with Gasteiger partial charge in [0, 0.05) is 6.20 Å². The Labute approximate surface area is 156 Å². The highest BCUT2D eigenvalue weighted by Gasteiger charge is 2.21. The van der Waals surface area contributed by atoms with E-state index in [2.05, 4.69) is 10.3 Å². The maximum atomic E-state index is 12.5. The number of aromatic nitrogens is 1. The molecule has 7 heteroatoms. The van der Waals surface area contributed by atoms with Crippen molar-refractivity contribution in [1.29, 1.82) is 0 Å². The number of carbonyl (C=O) groups is 2. The van der Waals surface area contributed by atoms with Gasteiger partial charge >= 0.3 is 5.97 Å². The third kappa shape index (κ3) is 5.73. The number of benzene rings is 1. The number of hydrogen-bond acceptors (Lipinski definition) is 4. The Morgan fingerprint density at radius 1 is 1.20 bits per heavy atom. The fraction of sp³-hybridized carbons (Fsp3) is 0.278. The summed E-state index contributed by atoms with van der Waals surface area (Å²) in [5, 5.41) is 3.13. The van der Waals surface area contributed by atoms with Crippen LogP contribution in [0, 0.1) is 0 Å². The monoisotopic (exact) mass is 380 g/mol. The maximum Gasteiger partial charge on any atom is 0.308 e. The molecule has 0 aliphatic heterocycles. The molecule has 0 spiro atoms. The largest absolute Gasteiger partial charge is 0.463 e. The second-order valence-electron chi connectivity index (χ2n) is 5.68. The van der Waals surface area contributed by atoms with Gasteiger partial charge in [0.15, 0.2) is 0 Å². The van der Waals surface area contributed by atoms with Crippen molar-refractivity contribution in [2.45, 2.75) is 32.4 Å². The van der Waals surface area contributed by atoms with Crippen molar-refractivity contribution in [3.05, 3.63) is 63.9 Å². The molecular formula is C18H18Cl2N2O3. The Balaban J connectivity index is 2.18. The summed E-state index contributed by atoms with van der Waals surface area (Å²) in [4.78, 5) is 28.4. The van der Waals surface area contributed by atoms with Crippen LogP contribution in [0.5, 0.6) is 0 Å². The van der Waals surface area contributed by atoms with Crippen LogP contribution >= 0.6 is 23.2 Å². The molecule has 0 radical (unpaired) electrons. The first-order chi connectivity index (χ1) is 11.9. The zero-order valence-electron chi connectivity index (χ0n) is 13.8. The summed E-state index contributed by atoms with van der Waals surface area (Å²) in [5.74, 6) is -0.798. The highest BCUT2D eigenvalue weighted by atomic mass is 35.5. The lowest BCUT2D eigenvalue weighted by molar-refractivity contribution is -0.147. The van der Waals surface area contributed by atoms with Crippen LogP contribution in [0.3, 0.4) is 0 Å². The number of rotatable bonds is 6. The van der Waals surface area contributed by atoms with E-state index >= 15 is 0 Å². The summed E-state index contributed by atoms with van der Waals surface area (Å²) in [6.07, 6.45) is 1.12. The van der Waals surface area contributed by atoms with Crippen LogP contribution in [0.15, 0.2) is 42.6 Å². The van der Waals surface area contributed by atoms with Crippen LogP contribution in [0.2, 0.25) is 10.2 Å². The number of hydrogen-bond donors (Lipinski definition) is 1. The van der Waals surface area contributed by atoms with Crippen LogP contribution in [-0.4, -0.2) is 23.0 Å². The second-order valence-corrected chi connectivity index (χ2v) is 6.44. The van der Waals surface area contributed by atoms with Gasteiger partial charge in [-0.2, -0.15) is 0 Å². The maximum absolute atomic E-state index is 12.5. The molecule has 0 bridgehead atoms. The van der Waals surface area contributed by atoms with Crippen molar-refractivity contribution in [1.82, 2.24) is 10.3 Å². The van der Waals surface area contributed by atoms with E-state index in [9.17, 15) is 9.59 Å². The van der Waals surface area contributed by atoms with Gasteiger partial charge in [0.2, 0.25) is 0 Å². The lowest BCUT2D eigenvalue weighted by Crippen LogP contribution is -2.31. The number of esters is 1. The lowest BCUT2D eigenvalue weighted by atomic mass is 10.0. The highest BCUT2D eigenvalue weighted by Crippen LogP contribution is 2.22. The molecule has 2 rings (SSSR count). The van der Waals surface area contributed by atoms with E-state index < -0.39 is 17.9 Å². The number of halogens is 2. The third-order valence-corrected chi connectivity index (χ3v) is 3.99. The molecule has 132 valence electrons. The summed E-state index contributed by atoms with van der Waals surface area (Å²) in [6.45, 7) is 3.55. The Bertz CT molecular complexity index is 751. The van der Waals surface area contributed by atoms with Crippen LogP contribution in [0.4, 0.5) is 0 Å². The molecule has 1 unspecified atom stereocenters. The minimum atomic E-state index is -0.533. The molecule has 2 aromatic rings. The Kier molecular flexibility index (Phi) is 6.79. The predicted octanol–water partition coefficient (Wildman–Crippen LogP) is 4.20. The molecule has 1 amide bonds. The molecule has 0 saturated carbocycles. The summed E-state index contributed by atoms with van der Waals surface area (Å²) in [7, 11) is 0. The van der Waals surface area contributed by atoms with Gasteiger partial charge in [-0.3, -0.25) is 9.59 Å². The molecule has 0 fully saturated rings. The van der Waals surface area contributed by atoms with Gasteiger partial charge in [0.05, 0.1) is 29.2 Å². The summed E-state index contributed by atoms with van der Waals surface area (Å²) in [6, 6.07) is 10.1. The first-order valence-electron chi connectivity index (χ1n) is 7.73. The highest BCUT2D eigenvalue weighted by molar-refractivity contribution is 6.41. The molecule has 1 aromatic heterocycles. The van der Waals surface area contributed by atoms with Gasteiger partial charge in [-0.05, 0) is 25.5 Å². The fourth-order valence-corrected chi connectivity index (χ4v) is 2.47. The zero-order chi connectivity index (χ0) is 18.4. The number of nitrogens with zero attached hydrogens (tertiary/aromatic N) is 1. The van der Waals surface area contributed by atoms with E-state index in [1.807, 2.05) is 30.3 Å². The SMILES string of the molecule is CC(C)OC(=O)CC(NC(=O)c1cnc(Cl)c(Cl)c1)c1ccccc1. The first-order valence-corrected chi connectivity index (χ1v) is 8.48. The fourth-order valence-electron chi connectivity index (χ4n) is 2.20. The van der Waals surface area contributed by atoms with Gasteiger partial charge in [-0.15, -0.1) is 0 Å². The van der Waals surface area contributed by atoms with Crippen LogP contribution in [-0.2, 0) is 9.53 Å². The van der Waals surface area contributed by atoms with E-state index in [-0.39, 0.29) is 28.3 Å². The van der Waals surface area contributed by atoms with Crippen molar-refractivity contribution < 1.29 is 14.3 Å². The van der Waals surface area contributed by atoms with E-state index in [1.54, 1.807) is 13.8 Å². The molecular weight excluding hydrogens is 363 g/mol. The van der Waals surface area contributed by atoms with Gasteiger partial charge in [-0.1, -0.05) is 53.5 Å². The topological polar surface area (TPSA) is 68.3 Å². The van der Waals surface area contributed by atoms with E-state index in [0.717, 1.165) is 5.56 Å². The molecule has 0 aliphatic carbocycles.